The van der Waals surface area contributed by atoms with E-state index in [0.717, 1.165) is 29.8 Å². The Hall–Kier alpha value is -2.38. The molecule has 0 spiro atoms. The highest BCUT2D eigenvalue weighted by Crippen LogP contribution is 2.38. The number of carbonyl (C=O) groups is 1. The van der Waals surface area contributed by atoms with Gasteiger partial charge in [-0.3, -0.25) is 4.79 Å². The molecule has 1 unspecified atom stereocenters. The number of carbonyl (C=O) groups excluding carboxylic acids is 1. The van der Waals surface area contributed by atoms with Crippen LogP contribution in [-0.4, -0.2) is 34.0 Å². The second kappa shape index (κ2) is 8.55. The topological polar surface area (TPSA) is 75.7 Å². The smallest absolute Gasteiger partial charge is 0.258 e. The van der Waals surface area contributed by atoms with E-state index in [9.17, 15) is 13.2 Å². The second-order valence-electron chi connectivity index (χ2n) is 7.43. The van der Waals surface area contributed by atoms with Gasteiger partial charge in [-0.2, -0.15) is 0 Å². The molecule has 6 nitrogen and oxygen atoms in total. The molecule has 0 radical (unpaired) electrons. The predicted molar refractivity (Wildman–Crippen MR) is 114 cm³/mol. The Morgan fingerprint density at radius 3 is 2.41 bits per heavy atom. The number of aryl methyl sites for hydroxylation is 1. The van der Waals surface area contributed by atoms with Crippen LogP contribution in [0.5, 0.6) is 5.75 Å². The van der Waals surface area contributed by atoms with Crippen molar-refractivity contribution in [3.63, 3.8) is 0 Å². The van der Waals surface area contributed by atoms with Gasteiger partial charge in [-0.05, 0) is 74.6 Å². The molecule has 0 heterocycles. The first kappa shape index (κ1) is 21.3. The van der Waals surface area contributed by atoms with E-state index >= 15 is 0 Å². The zero-order chi connectivity index (χ0) is 21.2. The molecule has 0 saturated heterocycles. The van der Waals surface area contributed by atoms with Crippen LogP contribution >= 0.6 is 0 Å². The molecular formula is C22H28N2O4S. The Morgan fingerprint density at radius 1 is 1.21 bits per heavy atom. The van der Waals surface area contributed by atoms with Crippen molar-refractivity contribution >= 4 is 21.6 Å². The van der Waals surface area contributed by atoms with Gasteiger partial charge in [-0.15, -0.1) is 0 Å². The van der Waals surface area contributed by atoms with Gasteiger partial charge in [0.1, 0.15) is 5.75 Å². The fourth-order valence-electron chi connectivity index (χ4n) is 3.47. The maximum absolute atomic E-state index is 13.6. The molecule has 0 bridgehead atoms. The first-order valence-corrected chi connectivity index (χ1v) is 11.3. The quantitative estimate of drug-likeness (QED) is 0.711. The largest absolute Gasteiger partial charge is 0.497 e. The summed E-state index contributed by atoms with van der Waals surface area (Å²) < 4.78 is 32.6. The Kier molecular flexibility index (Phi) is 6.29. The number of nitrogens with zero attached hydrogens (tertiary/aromatic N) is 1. The molecule has 29 heavy (non-hydrogen) atoms. The third kappa shape index (κ3) is 4.62. The average Bonchev–Trinajstić information content (AvgIpc) is 3.54. The number of rotatable bonds is 8. The Balaban J connectivity index is 2.03. The highest BCUT2D eigenvalue weighted by atomic mass is 32.2. The van der Waals surface area contributed by atoms with Gasteiger partial charge in [-0.25, -0.2) is 13.1 Å². The summed E-state index contributed by atoms with van der Waals surface area (Å²) in [6.45, 7) is 5.88. The van der Waals surface area contributed by atoms with Crippen LogP contribution in [0.3, 0.4) is 0 Å². The maximum Gasteiger partial charge on any atom is 0.258 e. The van der Waals surface area contributed by atoms with Gasteiger partial charge in [0.05, 0.1) is 12.0 Å². The van der Waals surface area contributed by atoms with Crippen LogP contribution < -0.4 is 14.4 Å². The maximum atomic E-state index is 13.6. The number of amides is 1. The average molecular weight is 417 g/mol. The molecule has 156 valence electrons. The van der Waals surface area contributed by atoms with Crippen LogP contribution in [-0.2, 0) is 10.0 Å². The minimum atomic E-state index is -3.64. The third-order valence-electron chi connectivity index (χ3n) is 5.36. The molecule has 1 amide bonds. The van der Waals surface area contributed by atoms with Gasteiger partial charge in [-0.1, -0.05) is 13.0 Å². The van der Waals surface area contributed by atoms with Crippen molar-refractivity contribution in [1.82, 2.24) is 4.72 Å². The summed E-state index contributed by atoms with van der Waals surface area (Å²) in [5.41, 5.74) is 1.91. The lowest BCUT2D eigenvalue weighted by molar-refractivity contribution is 0.0975. The van der Waals surface area contributed by atoms with Crippen molar-refractivity contribution < 1.29 is 17.9 Å². The second-order valence-corrected chi connectivity index (χ2v) is 9.20. The number of methoxy groups -OCH3 is 1. The minimum Gasteiger partial charge on any atom is -0.497 e. The molecule has 1 aliphatic carbocycles. The minimum absolute atomic E-state index is 0.0179. The van der Waals surface area contributed by atoms with Crippen LogP contribution in [0.1, 0.15) is 42.6 Å². The summed E-state index contributed by atoms with van der Waals surface area (Å²) in [4.78, 5) is 15.5. The Bertz CT molecular complexity index is 982. The normalized spacial score (nSPS) is 15.0. The van der Waals surface area contributed by atoms with Crippen LogP contribution in [0.15, 0.2) is 47.4 Å². The van der Waals surface area contributed by atoms with Crippen LogP contribution in [0.2, 0.25) is 0 Å². The van der Waals surface area contributed by atoms with Gasteiger partial charge < -0.3 is 9.64 Å². The number of sulfonamides is 1. The molecule has 0 aromatic heterocycles. The zero-order valence-corrected chi connectivity index (χ0v) is 18.1. The van der Waals surface area contributed by atoms with Crippen molar-refractivity contribution in [2.24, 2.45) is 5.92 Å². The summed E-state index contributed by atoms with van der Waals surface area (Å²) in [6.07, 6.45) is 2.18. The van der Waals surface area contributed by atoms with Crippen molar-refractivity contribution in [2.45, 2.75) is 44.6 Å². The van der Waals surface area contributed by atoms with Crippen molar-refractivity contribution in [1.29, 1.82) is 0 Å². The van der Waals surface area contributed by atoms with Crippen LogP contribution in [0, 0.1) is 12.8 Å². The lowest BCUT2D eigenvalue weighted by Crippen LogP contribution is -2.40. The monoisotopic (exact) mass is 416 g/mol. The van der Waals surface area contributed by atoms with Crippen molar-refractivity contribution in [2.75, 3.05) is 18.6 Å². The highest BCUT2D eigenvalue weighted by Gasteiger charge is 2.36. The molecule has 1 fully saturated rings. The van der Waals surface area contributed by atoms with E-state index in [1.807, 2.05) is 38.1 Å². The van der Waals surface area contributed by atoms with E-state index in [2.05, 4.69) is 4.72 Å². The zero-order valence-electron chi connectivity index (χ0n) is 17.3. The van der Waals surface area contributed by atoms with Gasteiger partial charge in [0.25, 0.3) is 5.91 Å². The number of ether oxygens (including phenoxy) is 1. The lowest BCUT2D eigenvalue weighted by Gasteiger charge is -2.30. The first-order chi connectivity index (χ1) is 13.8. The molecule has 1 saturated carbocycles. The Labute approximate surface area is 172 Å². The number of hydrogen-bond acceptors (Lipinski definition) is 4. The first-order valence-electron chi connectivity index (χ1n) is 9.86. The summed E-state index contributed by atoms with van der Waals surface area (Å²) >= 11 is 0. The van der Waals surface area contributed by atoms with E-state index in [4.69, 9.17) is 4.74 Å². The van der Waals surface area contributed by atoms with E-state index in [-0.39, 0.29) is 23.4 Å². The summed E-state index contributed by atoms with van der Waals surface area (Å²) in [5, 5.41) is 0. The molecule has 2 aromatic rings. The molecular weight excluding hydrogens is 388 g/mol. The van der Waals surface area contributed by atoms with Crippen LogP contribution in [0.4, 0.5) is 5.69 Å². The molecule has 7 heteroatoms. The molecule has 1 aliphatic rings. The van der Waals surface area contributed by atoms with Gasteiger partial charge in [0.2, 0.25) is 10.0 Å². The van der Waals surface area contributed by atoms with E-state index in [1.165, 1.54) is 12.1 Å². The highest BCUT2D eigenvalue weighted by molar-refractivity contribution is 7.89. The lowest BCUT2D eigenvalue weighted by atomic mass is 10.0. The molecule has 2 aromatic carbocycles. The summed E-state index contributed by atoms with van der Waals surface area (Å²) in [6, 6.07) is 12.1. The number of anilines is 1. The van der Waals surface area contributed by atoms with E-state index < -0.39 is 10.0 Å². The summed E-state index contributed by atoms with van der Waals surface area (Å²) in [7, 11) is -2.04. The van der Waals surface area contributed by atoms with Gasteiger partial charge >= 0.3 is 0 Å². The predicted octanol–water partition coefficient (Wildman–Crippen LogP) is 3.75. The van der Waals surface area contributed by atoms with Crippen LogP contribution in [0.25, 0.3) is 0 Å². The van der Waals surface area contributed by atoms with Crippen molar-refractivity contribution in [3.8, 4) is 5.75 Å². The summed E-state index contributed by atoms with van der Waals surface area (Å²) in [5.74, 6) is 0.978. The van der Waals surface area contributed by atoms with Gasteiger partial charge in [0, 0.05) is 23.8 Å². The standard InChI is InChI=1S/C22H28N2O4S/c1-5-23-29(26,27)20-13-6-15(2)21(14-20)22(25)24(16(3)17-7-8-17)18-9-11-19(28-4)12-10-18/h6,9-14,16-17,23H,5,7-8H2,1-4H3. The van der Waals surface area contributed by atoms with Gasteiger partial charge in [0.15, 0.2) is 0 Å². The molecule has 1 atom stereocenters. The van der Waals surface area contributed by atoms with E-state index in [0.29, 0.717) is 11.5 Å². The third-order valence-corrected chi connectivity index (χ3v) is 6.91. The SMILES string of the molecule is CCNS(=O)(=O)c1ccc(C)c(C(=O)N(c2ccc(OC)cc2)C(C)C2CC2)c1. The number of benzene rings is 2. The molecule has 0 aliphatic heterocycles. The Morgan fingerprint density at radius 2 is 1.86 bits per heavy atom. The van der Waals surface area contributed by atoms with Crippen molar-refractivity contribution in [3.05, 3.63) is 53.6 Å². The van der Waals surface area contributed by atoms with E-state index in [1.54, 1.807) is 25.0 Å². The number of hydrogen-bond donors (Lipinski definition) is 1. The molecule has 1 N–H and O–H groups in total. The fourth-order valence-corrected chi connectivity index (χ4v) is 4.54. The number of nitrogens with one attached hydrogen (secondary N) is 1. The fraction of sp³-hybridized carbons (Fsp3) is 0.409. The molecule has 3 rings (SSSR count).